The maximum Gasteiger partial charge on any atom is 0.276 e. The lowest BCUT2D eigenvalue weighted by molar-refractivity contribution is -0.384. The molecule has 0 heterocycles. The predicted octanol–water partition coefficient (Wildman–Crippen LogP) is 3.52. The number of hydrogen-bond donors (Lipinski definition) is 2. The number of carbonyl (C=O) groups excluding carboxylic acids is 2. The van der Waals surface area contributed by atoms with E-state index in [0.29, 0.717) is 10.8 Å². The van der Waals surface area contributed by atoms with Crippen LogP contribution in [0.5, 0.6) is 5.75 Å². The number of hydrogen-bond acceptors (Lipinski definition) is 5. The fourth-order valence-electron chi connectivity index (χ4n) is 2.36. The normalized spacial score (nSPS) is 10.5. The molecule has 0 aliphatic rings. The Bertz CT molecular complexity index is 897. The van der Waals surface area contributed by atoms with Gasteiger partial charge in [0.1, 0.15) is 5.75 Å². The number of benzene rings is 2. The number of amides is 2. The summed E-state index contributed by atoms with van der Waals surface area (Å²) in [5.74, 6) is -0.460. The molecule has 28 heavy (non-hydrogen) atoms. The molecular weight excluding hydrogens is 386 g/mol. The Morgan fingerprint density at radius 2 is 1.82 bits per heavy atom. The zero-order valence-corrected chi connectivity index (χ0v) is 16.4. The predicted molar refractivity (Wildman–Crippen MR) is 104 cm³/mol. The van der Waals surface area contributed by atoms with Gasteiger partial charge in [-0.05, 0) is 48.2 Å². The van der Waals surface area contributed by atoms with Gasteiger partial charge < -0.3 is 4.74 Å². The van der Waals surface area contributed by atoms with Gasteiger partial charge in [0.15, 0.2) is 6.61 Å². The second-order valence-corrected chi connectivity index (χ2v) is 6.80. The number of ether oxygens (including phenoxy) is 1. The minimum absolute atomic E-state index is 0.131. The van der Waals surface area contributed by atoms with E-state index in [-0.39, 0.29) is 23.8 Å². The van der Waals surface area contributed by atoms with Crippen molar-refractivity contribution in [3.8, 4) is 5.75 Å². The first-order valence-electron chi connectivity index (χ1n) is 8.45. The SMILES string of the molecule is Cc1cc(OCC(=O)NNC(=O)c2ccc([N+](=O)[O-])cc2)c(C(C)C)cc1Cl. The summed E-state index contributed by atoms with van der Waals surface area (Å²) in [7, 11) is 0. The lowest BCUT2D eigenvalue weighted by atomic mass is 10.0. The molecule has 0 saturated carbocycles. The Kier molecular flexibility index (Phi) is 6.94. The van der Waals surface area contributed by atoms with Gasteiger partial charge in [-0.25, -0.2) is 0 Å². The van der Waals surface area contributed by atoms with Crippen molar-refractivity contribution in [2.24, 2.45) is 0 Å². The van der Waals surface area contributed by atoms with Crippen molar-refractivity contribution in [2.75, 3.05) is 6.61 Å². The van der Waals surface area contributed by atoms with Crippen LogP contribution in [0.1, 0.15) is 41.3 Å². The van der Waals surface area contributed by atoms with E-state index in [1.54, 1.807) is 6.07 Å². The van der Waals surface area contributed by atoms with Crippen LogP contribution in [0, 0.1) is 17.0 Å². The van der Waals surface area contributed by atoms with Crippen molar-refractivity contribution < 1.29 is 19.2 Å². The Hall–Kier alpha value is -3.13. The number of nitrogens with one attached hydrogen (secondary N) is 2. The van der Waals surface area contributed by atoms with Crippen LogP contribution < -0.4 is 15.6 Å². The van der Waals surface area contributed by atoms with Crippen molar-refractivity contribution in [3.63, 3.8) is 0 Å². The highest BCUT2D eigenvalue weighted by Crippen LogP contribution is 2.31. The van der Waals surface area contributed by atoms with Crippen molar-refractivity contribution >= 4 is 29.1 Å². The minimum atomic E-state index is -0.603. The molecule has 0 spiro atoms. The third-order valence-electron chi connectivity index (χ3n) is 3.93. The molecule has 0 fully saturated rings. The zero-order chi connectivity index (χ0) is 20.8. The maximum absolute atomic E-state index is 12.0. The van der Waals surface area contributed by atoms with Gasteiger partial charge >= 0.3 is 0 Å². The van der Waals surface area contributed by atoms with Gasteiger partial charge in [-0.2, -0.15) is 0 Å². The fraction of sp³-hybridized carbons (Fsp3) is 0.263. The van der Waals surface area contributed by atoms with Crippen LogP contribution in [0.2, 0.25) is 5.02 Å². The van der Waals surface area contributed by atoms with E-state index in [2.05, 4.69) is 10.9 Å². The Morgan fingerprint density at radius 1 is 1.18 bits per heavy atom. The van der Waals surface area contributed by atoms with E-state index in [1.165, 1.54) is 24.3 Å². The van der Waals surface area contributed by atoms with Gasteiger partial charge in [0.05, 0.1) is 4.92 Å². The van der Waals surface area contributed by atoms with Crippen molar-refractivity contribution in [3.05, 3.63) is 68.2 Å². The molecule has 2 N–H and O–H groups in total. The Morgan fingerprint density at radius 3 is 2.39 bits per heavy atom. The summed E-state index contributed by atoms with van der Waals surface area (Å²) in [5, 5.41) is 11.2. The average Bonchev–Trinajstić information content (AvgIpc) is 2.66. The summed E-state index contributed by atoms with van der Waals surface area (Å²) < 4.78 is 5.58. The highest BCUT2D eigenvalue weighted by atomic mass is 35.5. The summed E-state index contributed by atoms with van der Waals surface area (Å²) in [6, 6.07) is 8.57. The lowest BCUT2D eigenvalue weighted by Gasteiger charge is -2.16. The number of aryl methyl sites for hydroxylation is 1. The first-order valence-corrected chi connectivity index (χ1v) is 8.83. The highest BCUT2D eigenvalue weighted by Gasteiger charge is 2.14. The third-order valence-corrected chi connectivity index (χ3v) is 4.33. The van der Waals surface area contributed by atoms with Gasteiger partial charge in [0.25, 0.3) is 17.5 Å². The molecule has 2 aromatic rings. The summed E-state index contributed by atoms with van der Waals surface area (Å²) in [6.45, 7) is 5.50. The number of nitro benzene ring substituents is 1. The standard InChI is InChI=1S/C19H20ClN3O5/c1-11(2)15-9-16(20)12(3)8-17(15)28-10-18(24)21-22-19(25)13-4-6-14(7-5-13)23(26)27/h4-9,11H,10H2,1-3H3,(H,21,24)(H,22,25). The third kappa shape index (κ3) is 5.43. The van der Waals surface area contributed by atoms with Crippen LogP contribution in [-0.2, 0) is 4.79 Å². The van der Waals surface area contributed by atoms with Crippen LogP contribution in [-0.4, -0.2) is 23.3 Å². The van der Waals surface area contributed by atoms with E-state index >= 15 is 0 Å². The van der Waals surface area contributed by atoms with E-state index in [0.717, 1.165) is 11.1 Å². The highest BCUT2D eigenvalue weighted by molar-refractivity contribution is 6.31. The van der Waals surface area contributed by atoms with Gasteiger partial charge in [0.2, 0.25) is 0 Å². The van der Waals surface area contributed by atoms with Crippen LogP contribution in [0.15, 0.2) is 36.4 Å². The fourth-order valence-corrected chi connectivity index (χ4v) is 2.53. The molecular formula is C19H20ClN3O5. The molecule has 0 radical (unpaired) electrons. The number of nitro groups is 1. The number of nitrogens with zero attached hydrogens (tertiary/aromatic N) is 1. The molecule has 8 nitrogen and oxygen atoms in total. The topological polar surface area (TPSA) is 111 Å². The second-order valence-electron chi connectivity index (χ2n) is 6.39. The number of rotatable bonds is 6. The first-order chi connectivity index (χ1) is 13.2. The van der Waals surface area contributed by atoms with E-state index in [1.807, 2.05) is 26.8 Å². The largest absolute Gasteiger partial charge is 0.483 e. The number of non-ortho nitro benzene ring substituents is 1. The van der Waals surface area contributed by atoms with E-state index in [9.17, 15) is 19.7 Å². The summed E-state index contributed by atoms with van der Waals surface area (Å²) >= 11 is 6.14. The Labute approximate surface area is 167 Å². The number of carbonyl (C=O) groups is 2. The molecule has 0 unspecified atom stereocenters. The molecule has 0 bridgehead atoms. The molecule has 0 aliphatic heterocycles. The quantitative estimate of drug-likeness (QED) is 0.564. The summed E-state index contributed by atoms with van der Waals surface area (Å²) in [4.78, 5) is 34.0. The van der Waals surface area contributed by atoms with Crippen LogP contribution in [0.4, 0.5) is 5.69 Å². The van der Waals surface area contributed by atoms with Crippen molar-refractivity contribution in [1.82, 2.24) is 10.9 Å². The second kappa shape index (κ2) is 9.18. The van der Waals surface area contributed by atoms with Gasteiger partial charge in [-0.3, -0.25) is 30.6 Å². The van der Waals surface area contributed by atoms with Gasteiger partial charge in [-0.1, -0.05) is 25.4 Å². The van der Waals surface area contributed by atoms with E-state index in [4.69, 9.17) is 16.3 Å². The molecule has 9 heteroatoms. The lowest BCUT2D eigenvalue weighted by Crippen LogP contribution is -2.43. The first kappa shape index (κ1) is 21.2. The molecule has 2 aromatic carbocycles. The van der Waals surface area contributed by atoms with Gasteiger partial charge in [0, 0.05) is 22.7 Å². The molecule has 0 saturated heterocycles. The monoisotopic (exact) mass is 405 g/mol. The van der Waals surface area contributed by atoms with Crippen LogP contribution >= 0.6 is 11.6 Å². The smallest absolute Gasteiger partial charge is 0.276 e. The van der Waals surface area contributed by atoms with Gasteiger partial charge in [-0.15, -0.1) is 0 Å². The van der Waals surface area contributed by atoms with Crippen LogP contribution in [0.25, 0.3) is 0 Å². The van der Waals surface area contributed by atoms with Crippen molar-refractivity contribution in [2.45, 2.75) is 26.7 Å². The molecule has 148 valence electrons. The molecule has 0 atom stereocenters. The average molecular weight is 406 g/mol. The molecule has 2 amide bonds. The maximum atomic E-state index is 12.0. The number of hydrazine groups is 1. The summed E-state index contributed by atoms with van der Waals surface area (Å²) in [6.07, 6.45) is 0. The van der Waals surface area contributed by atoms with Crippen molar-refractivity contribution in [1.29, 1.82) is 0 Å². The molecule has 0 aromatic heterocycles. The van der Waals surface area contributed by atoms with Crippen LogP contribution in [0.3, 0.4) is 0 Å². The molecule has 2 rings (SSSR count). The zero-order valence-electron chi connectivity index (χ0n) is 15.6. The minimum Gasteiger partial charge on any atom is -0.483 e. The van der Waals surface area contributed by atoms with E-state index < -0.39 is 16.7 Å². The molecule has 0 aliphatic carbocycles. The summed E-state index contributed by atoms with van der Waals surface area (Å²) in [5.41, 5.74) is 6.21. The Balaban J connectivity index is 1.92. The number of halogens is 1.